The average molecular weight is 561 g/mol. The van der Waals surface area contributed by atoms with Crippen LogP contribution < -0.4 is 10.6 Å². The number of hydrogen-bond acceptors (Lipinski definition) is 5. The van der Waals surface area contributed by atoms with Crippen molar-refractivity contribution >= 4 is 34.5 Å². The number of nitrogens with one attached hydrogen (secondary N) is 2. The van der Waals surface area contributed by atoms with Crippen LogP contribution in [0.5, 0.6) is 0 Å². The highest BCUT2D eigenvalue weighted by Gasteiger charge is 2.23. The summed E-state index contributed by atoms with van der Waals surface area (Å²) >= 11 is 0. The molecule has 1 unspecified atom stereocenters. The molecule has 2 amide bonds. The maximum Gasteiger partial charge on any atom is 0.253 e. The highest BCUT2D eigenvalue weighted by atomic mass is 16.2. The predicted octanol–water partition coefficient (Wildman–Crippen LogP) is 6.16. The molecule has 2 N–H and O–H groups in total. The van der Waals surface area contributed by atoms with Crippen molar-refractivity contribution in [2.24, 2.45) is 11.8 Å². The summed E-state index contributed by atoms with van der Waals surface area (Å²) in [6, 6.07) is 13.9. The van der Waals surface area contributed by atoms with E-state index in [1.807, 2.05) is 35.2 Å². The quantitative estimate of drug-likeness (QED) is 0.262. The summed E-state index contributed by atoms with van der Waals surface area (Å²) in [6.45, 7) is 12.3. The van der Waals surface area contributed by atoms with Gasteiger partial charge >= 0.3 is 0 Å². The number of fused-ring (bicyclic) bond motifs is 1. The molecule has 8 nitrogen and oxygen atoms in total. The number of carbonyl (C=O) groups excluding carboxylic acids is 2. The number of likely N-dealkylation sites (tertiary alicyclic amines) is 1. The molecule has 1 aliphatic heterocycles. The van der Waals surface area contributed by atoms with Gasteiger partial charge in [-0.2, -0.15) is 0 Å². The van der Waals surface area contributed by atoms with Crippen LogP contribution in [-0.4, -0.2) is 70.9 Å². The third kappa shape index (κ3) is 7.88. The molecular formula is C33H48N6O2. The highest BCUT2D eigenvalue weighted by Crippen LogP contribution is 2.27. The number of amides is 2. The molecule has 41 heavy (non-hydrogen) atoms. The molecule has 0 spiro atoms. The van der Waals surface area contributed by atoms with E-state index in [4.69, 9.17) is 4.98 Å². The Bertz CT molecular complexity index is 1300. The molecular weight excluding hydrogens is 512 g/mol. The Balaban J connectivity index is 1.65. The normalized spacial score (nSPS) is 15.7. The Kier molecular flexibility index (Phi) is 10.4. The lowest BCUT2D eigenvalue weighted by Gasteiger charge is -2.25. The number of aryl methyl sites for hydroxylation is 1. The van der Waals surface area contributed by atoms with Crippen molar-refractivity contribution < 1.29 is 9.59 Å². The monoisotopic (exact) mass is 560 g/mol. The van der Waals surface area contributed by atoms with E-state index in [0.29, 0.717) is 29.0 Å². The molecule has 0 aliphatic carbocycles. The van der Waals surface area contributed by atoms with E-state index in [1.165, 1.54) is 12.8 Å². The predicted molar refractivity (Wildman–Crippen MR) is 168 cm³/mol. The minimum atomic E-state index is -0.113. The van der Waals surface area contributed by atoms with Gasteiger partial charge in [0.2, 0.25) is 5.95 Å². The Labute approximate surface area is 245 Å². The van der Waals surface area contributed by atoms with Gasteiger partial charge in [-0.15, -0.1) is 0 Å². The number of imidazole rings is 1. The molecule has 2 aromatic carbocycles. The van der Waals surface area contributed by atoms with Crippen molar-refractivity contribution in [1.82, 2.24) is 24.7 Å². The molecule has 0 radical (unpaired) electrons. The van der Waals surface area contributed by atoms with Crippen LogP contribution in [0.4, 0.5) is 11.6 Å². The molecule has 1 fully saturated rings. The summed E-state index contributed by atoms with van der Waals surface area (Å²) in [5.74, 6) is 1.81. The van der Waals surface area contributed by atoms with Crippen LogP contribution in [0.15, 0.2) is 42.5 Å². The smallest absolute Gasteiger partial charge is 0.253 e. The van der Waals surface area contributed by atoms with E-state index in [-0.39, 0.29) is 11.8 Å². The van der Waals surface area contributed by atoms with Gasteiger partial charge in [0.25, 0.3) is 11.8 Å². The van der Waals surface area contributed by atoms with E-state index >= 15 is 0 Å². The van der Waals surface area contributed by atoms with Crippen LogP contribution in [0.2, 0.25) is 0 Å². The number of carbonyl (C=O) groups is 2. The third-order valence-corrected chi connectivity index (χ3v) is 8.22. The van der Waals surface area contributed by atoms with Gasteiger partial charge in [0.1, 0.15) is 0 Å². The zero-order chi connectivity index (χ0) is 29.5. The minimum absolute atomic E-state index is 0.0933. The molecule has 2 heterocycles. The van der Waals surface area contributed by atoms with E-state index in [0.717, 1.165) is 68.1 Å². The van der Waals surface area contributed by atoms with Crippen LogP contribution in [0, 0.1) is 11.8 Å². The van der Waals surface area contributed by atoms with Gasteiger partial charge in [-0.05, 0) is 100.0 Å². The Morgan fingerprint density at radius 3 is 2.24 bits per heavy atom. The van der Waals surface area contributed by atoms with Gasteiger partial charge in [-0.25, -0.2) is 4.98 Å². The van der Waals surface area contributed by atoms with Gasteiger partial charge in [0.05, 0.1) is 11.0 Å². The van der Waals surface area contributed by atoms with Crippen molar-refractivity contribution in [2.45, 2.75) is 72.4 Å². The van der Waals surface area contributed by atoms with Crippen LogP contribution in [-0.2, 0) is 6.54 Å². The first-order valence-corrected chi connectivity index (χ1v) is 15.2. The first-order chi connectivity index (χ1) is 19.7. The fourth-order valence-corrected chi connectivity index (χ4v) is 5.50. The molecule has 1 atom stereocenters. The maximum atomic E-state index is 13.8. The standard InChI is InChI=1S/C33H48N6O2/c1-23(2)15-19-38(20-16-24(3)4)32(41)26-11-14-29-30(22-26)39(21-17-28-8-7-18-37(28)6)33(36-29)35-27-12-9-25(10-13-27)31(40)34-5/h9-14,22-24,28H,7-8,15-21H2,1-6H3,(H,34,40)(H,35,36). The van der Waals surface area contributed by atoms with Gasteiger partial charge in [-0.1, -0.05) is 27.7 Å². The highest BCUT2D eigenvalue weighted by molar-refractivity contribution is 5.98. The fraction of sp³-hybridized carbons (Fsp3) is 0.545. The summed E-state index contributed by atoms with van der Waals surface area (Å²) in [7, 11) is 3.84. The van der Waals surface area contributed by atoms with Crippen LogP contribution in [0.1, 0.15) is 80.5 Å². The lowest BCUT2D eigenvalue weighted by Crippen LogP contribution is -2.34. The van der Waals surface area contributed by atoms with Gasteiger partial charge < -0.3 is 25.0 Å². The number of rotatable bonds is 13. The molecule has 0 bridgehead atoms. The number of hydrogen-bond donors (Lipinski definition) is 2. The second kappa shape index (κ2) is 14.0. The van der Waals surface area contributed by atoms with E-state index in [1.54, 1.807) is 19.2 Å². The van der Waals surface area contributed by atoms with Gasteiger partial charge in [0.15, 0.2) is 0 Å². The molecule has 1 aromatic heterocycles. The van der Waals surface area contributed by atoms with Crippen molar-refractivity contribution in [3.05, 3.63) is 53.6 Å². The topological polar surface area (TPSA) is 82.5 Å². The lowest BCUT2D eigenvalue weighted by atomic mass is 10.1. The molecule has 222 valence electrons. The number of anilines is 2. The second-order valence-corrected chi connectivity index (χ2v) is 12.3. The second-order valence-electron chi connectivity index (χ2n) is 12.3. The SMILES string of the molecule is CNC(=O)c1ccc(Nc2nc3ccc(C(=O)N(CCC(C)C)CCC(C)C)cc3n2CCC2CCCN2C)cc1. The molecule has 0 saturated carbocycles. The number of aromatic nitrogens is 2. The first-order valence-electron chi connectivity index (χ1n) is 15.2. The summed E-state index contributed by atoms with van der Waals surface area (Å²) in [5.41, 5.74) is 4.01. The van der Waals surface area contributed by atoms with E-state index in [9.17, 15) is 9.59 Å². The van der Waals surface area contributed by atoms with Crippen LogP contribution in [0.25, 0.3) is 11.0 Å². The minimum Gasteiger partial charge on any atom is -0.355 e. The summed E-state index contributed by atoms with van der Waals surface area (Å²) in [6.07, 6.45) is 5.43. The third-order valence-electron chi connectivity index (χ3n) is 8.22. The van der Waals surface area contributed by atoms with Crippen LogP contribution >= 0.6 is 0 Å². The Hall–Kier alpha value is -3.39. The maximum absolute atomic E-state index is 13.8. The largest absolute Gasteiger partial charge is 0.355 e. The Morgan fingerprint density at radius 1 is 1.00 bits per heavy atom. The van der Waals surface area contributed by atoms with E-state index < -0.39 is 0 Å². The molecule has 1 saturated heterocycles. The summed E-state index contributed by atoms with van der Waals surface area (Å²) in [5, 5.41) is 6.14. The first kappa shape index (κ1) is 30.6. The average Bonchev–Trinajstić information content (AvgIpc) is 3.52. The van der Waals surface area contributed by atoms with Crippen molar-refractivity contribution in [2.75, 3.05) is 39.0 Å². The zero-order valence-electron chi connectivity index (χ0n) is 25.7. The number of benzene rings is 2. The van der Waals surface area contributed by atoms with Crippen molar-refractivity contribution in [3.8, 4) is 0 Å². The van der Waals surface area contributed by atoms with E-state index in [2.05, 4.69) is 54.8 Å². The molecule has 1 aliphatic rings. The molecule has 4 rings (SSSR count). The fourth-order valence-electron chi connectivity index (χ4n) is 5.50. The lowest BCUT2D eigenvalue weighted by molar-refractivity contribution is 0.0740. The Morgan fingerprint density at radius 2 is 1.66 bits per heavy atom. The van der Waals surface area contributed by atoms with Crippen LogP contribution in [0.3, 0.4) is 0 Å². The van der Waals surface area contributed by atoms with Gasteiger partial charge in [-0.3, -0.25) is 9.59 Å². The zero-order valence-corrected chi connectivity index (χ0v) is 25.7. The van der Waals surface area contributed by atoms with Crippen molar-refractivity contribution in [3.63, 3.8) is 0 Å². The van der Waals surface area contributed by atoms with Crippen molar-refractivity contribution in [1.29, 1.82) is 0 Å². The molecule has 3 aromatic rings. The van der Waals surface area contributed by atoms with Gasteiger partial charge in [0, 0.05) is 49.5 Å². The molecule has 8 heteroatoms. The number of nitrogens with zero attached hydrogens (tertiary/aromatic N) is 4. The summed E-state index contributed by atoms with van der Waals surface area (Å²) < 4.78 is 2.22. The summed E-state index contributed by atoms with van der Waals surface area (Å²) in [4.78, 5) is 35.2.